The van der Waals surface area contributed by atoms with Crippen LogP contribution < -0.4 is 5.56 Å². The molecule has 6 heteroatoms. The van der Waals surface area contributed by atoms with Gasteiger partial charge in [0.25, 0.3) is 5.56 Å². The molecule has 0 bridgehead atoms. The number of methoxy groups -OCH3 is 1. The van der Waals surface area contributed by atoms with E-state index in [0.717, 1.165) is 0 Å². The van der Waals surface area contributed by atoms with E-state index in [4.69, 9.17) is 4.74 Å². The van der Waals surface area contributed by atoms with Crippen LogP contribution in [0.1, 0.15) is 10.4 Å². The van der Waals surface area contributed by atoms with Crippen LogP contribution in [0.25, 0.3) is 16.9 Å². The Bertz CT molecular complexity index is 935. The molecule has 0 fully saturated rings. The average Bonchev–Trinajstić information content (AvgIpc) is 2.63. The lowest BCUT2D eigenvalue weighted by Gasteiger charge is -2.10. The van der Waals surface area contributed by atoms with Gasteiger partial charge in [-0.05, 0) is 35.9 Å². The number of halogens is 1. The Morgan fingerprint density at radius 1 is 1.17 bits per heavy atom. The van der Waals surface area contributed by atoms with Gasteiger partial charge in [-0.1, -0.05) is 18.2 Å². The van der Waals surface area contributed by atoms with Gasteiger partial charge >= 0.3 is 5.97 Å². The number of nitrogens with zero attached hydrogens (tertiary/aromatic N) is 2. The molecule has 1 aromatic carbocycles. The van der Waals surface area contributed by atoms with E-state index in [1.165, 1.54) is 48.2 Å². The first kappa shape index (κ1) is 15.6. The van der Waals surface area contributed by atoms with Crippen LogP contribution in [0.15, 0.2) is 65.7 Å². The van der Waals surface area contributed by atoms with Gasteiger partial charge in [-0.15, -0.1) is 0 Å². The van der Waals surface area contributed by atoms with E-state index in [9.17, 15) is 14.0 Å². The fourth-order valence-corrected chi connectivity index (χ4v) is 2.31. The zero-order valence-electron chi connectivity index (χ0n) is 12.8. The van der Waals surface area contributed by atoms with Crippen molar-refractivity contribution >= 4 is 5.97 Å². The Balaban J connectivity index is 2.27. The SMILES string of the molecule is COC(=O)c1cc(-c2ccc(F)cc2)c(=O)n(-c2ccccn2)c1. The molecule has 3 aromatic rings. The summed E-state index contributed by atoms with van der Waals surface area (Å²) in [6, 6.07) is 12.0. The summed E-state index contributed by atoms with van der Waals surface area (Å²) >= 11 is 0. The number of ether oxygens (including phenoxy) is 1. The summed E-state index contributed by atoms with van der Waals surface area (Å²) in [7, 11) is 1.26. The van der Waals surface area contributed by atoms with Crippen LogP contribution in [-0.2, 0) is 4.74 Å². The lowest BCUT2D eigenvalue weighted by molar-refractivity contribution is 0.0600. The topological polar surface area (TPSA) is 61.2 Å². The summed E-state index contributed by atoms with van der Waals surface area (Å²) in [5.74, 6) is -0.618. The van der Waals surface area contributed by atoms with Gasteiger partial charge < -0.3 is 4.74 Å². The number of carbonyl (C=O) groups excluding carboxylic acids is 1. The maximum absolute atomic E-state index is 13.1. The third-order valence-corrected chi connectivity index (χ3v) is 3.49. The van der Waals surface area contributed by atoms with Gasteiger partial charge in [-0.3, -0.25) is 9.36 Å². The summed E-state index contributed by atoms with van der Waals surface area (Å²) in [5, 5.41) is 0. The van der Waals surface area contributed by atoms with Crippen LogP contribution in [-0.4, -0.2) is 22.6 Å². The van der Waals surface area contributed by atoms with Gasteiger partial charge in [0.1, 0.15) is 11.6 Å². The van der Waals surface area contributed by atoms with Gasteiger partial charge in [0, 0.05) is 18.0 Å². The standard InChI is InChI=1S/C18H13FN2O3/c1-24-18(23)13-10-15(12-5-7-14(19)8-6-12)17(22)21(11-13)16-4-2-3-9-20-16/h2-11H,1H3. The molecule has 5 nitrogen and oxygen atoms in total. The van der Waals surface area contributed by atoms with Gasteiger partial charge in [-0.25, -0.2) is 14.2 Å². The smallest absolute Gasteiger partial charge is 0.339 e. The molecule has 0 aliphatic heterocycles. The van der Waals surface area contributed by atoms with E-state index in [-0.39, 0.29) is 16.7 Å². The van der Waals surface area contributed by atoms with Crippen molar-refractivity contribution in [2.24, 2.45) is 0 Å². The molecule has 0 N–H and O–H groups in total. The molecular formula is C18H13FN2O3. The Hall–Kier alpha value is -3.28. The maximum Gasteiger partial charge on any atom is 0.339 e. The van der Waals surface area contributed by atoms with Gasteiger partial charge in [0.05, 0.1) is 12.7 Å². The van der Waals surface area contributed by atoms with E-state index >= 15 is 0 Å². The van der Waals surface area contributed by atoms with Crippen molar-refractivity contribution in [2.45, 2.75) is 0 Å². The predicted molar refractivity (Wildman–Crippen MR) is 86.6 cm³/mol. The van der Waals surface area contributed by atoms with E-state index in [0.29, 0.717) is 11.4 Å². The van der Waals surface area contributed by atoms with Crippen LogP contribution in [0, 0.1) is 5.82 Å². The number of hydrogen-bond donors (Lipinski definition) is 0. The molecule has 24 heavy (non-hydrogen) atoms. The van der Waals surface area contributed by atoms with Crippen LogP contribution in [0.3, 0.4) is 0 Å². The minimum Gasteiger partial charge on any atom is -0.465 e. The summed E-state index contributed by atoms with van der Waals surface area (Å²) in [4.78, 5) is 28.9. The van der Waals surface area contributed by atoms with E-state index in [2.05, 4.69) is 4.98 Å². The Morgan fingerprint density at radius 2 is 1.92 bits per heavy atom. The second-order valence-corrected chi connectivity index (χ2v) is 5.00. The van der Waals surface area contributed by atoms with E-state index < -0.39 is 11.8 Å². The fraction of sp³-hybridized carbons (Fsp3) is 0.0556. The number of rotatable bonds is 3. The quantitative estimate of drug-likeness (QED) is 0.695. The Labute approximate surface area is 137 Å². The lowest BCUT2D eigenvalue weighted by Crippen LogP contribution is -2.22. The zero-order chi connectivity index (χ0) is 17.1. The minimum absolute atomic E-state index is 0.196. The first-order chi connectivity index (χ1) is 11.6. The van der Waals surface area contributed by atoms with Gasteiger partial charge in [-0.2, -0.15) is 0 Å². The first-order valence-corrected chi connectivity index (χ1v) is 7.12. The Kier molecular flexibility index (Phi) is 4.20. The zero-order valence-corrected chi connectivity index (χ0v) is 12.8. The molecule has 0 saturated heterocycles. The highest BCUT2D eigenvalue weighted by Gasteiger charge is 2.15. The van der Waals surface area contributed by atoms with E-state index in [1.807, 2.05) is 0 Å². The lowest BCUT2D eigenvalue weighted by atomic mass is 10.1. The number of pyridine rings is 2. The van der Waals surface area contributed by atoms with E-state index in [1.54, 1.807) is 24.4 Å². The van der Waals surface area contributed by atoms with Gasteiger partial charge in [0.2, 0.25) is 0 Å². The van der Waals surface area contributed by atoms with Crippen LogP contribution in [0.5, 0.6) is 0 Å². The van der Waals surface area contributed by atoms with Crippen LogP contribution in [0.4, 0.5) is 4.39 Å². The molecule has 0 unspecified atom stereocenters. The molecule has 0 amide bonds. The molecule has 0 aliphatic rings. The average molecular weight is 324 g/mol. The third kappa shape index (κ3) is 2.94. The molecule has 2 heterocycles. The summed E-state index contributed by atoms with van der Waals surface area (Å²) in [5.41, 5.74) is 0.579. The van der Waals surface area contributed by atoms with Crippen molar-refractivity contribution < 1.29 is 13.9 Å². The normalized spacial score (nSPS) is 10.4. The van der Waals surface area contributed by atoms with Crippen molar-refractivity contribution in [3.8, 4) is 16.9 Å². The molecule has 120 valence electrons. The number of esters is 1. The highest BCUT2D eigenvalue weighted by atomic mass is 19.1. The van der Waals surface area contributed by atoms with Crippen molar-refractivity contribution in [1.29, 1.82) is 0 Å². The molecule has 2 aromatic heterocycles. The maximum atomic E-state index is 13.1. The van der Waals surface area contributed by atoms with Crippen molar-refractivity contribution in [1.82, 2.24) is 9.55 Å². The number of aromatic nitrogens is 2. The Morgan fingerprint density at radius 3 is 2.54 bits per heavy atom. The number of hydrogen-bond acceptors (Lipinski definition) is 4. The summed E-state index contributed by atoms with van der Waals surface area (Å²) < 4.78 is 19.2. The minimum atomic E-state index is -0.581. The fourth-order valence-electron chi connectivity index (χ4n) is 2.31. The number of benzene rings is 1. The largest absolute Gasteiger partial charge is 0.465 e. The predicted octanol–water partition coefficient (Wildman–Crippen LogP) is 2.83. The third-order valence-electron chi connectivity index (χ3n) is 3.49. The number of carbonyl (C=O) groups is 1. The van der Waals surface area contributed by atoms with Crippen molar-refractivity contribution in [3.05, 3.63) is 82.7 Å². The van der Waals surface area contributed by atoms with Gasteiger partial charge in [0.15, 0.2) is 0 Å². The monoisotopic (exact) mass is 324 g/mol. The highest BCUT2D eigenvalue weighted by Crippen LogP contribution is 2.19. The summed E-state index contributed by atoms with van der Waals surface area (Å²) in [6.45, 7) is 0. The second kappa shape index (κ2) is 6.45. The molecule has 0 saturated carbocycles. The second-order valence-electron chi connectivity index (χ2n) is 5.00. The molecular weight excluding hydrogens is 311 g/mol. The molecule has 0 aliphatic carbocycles. The highest BCUT2D eigenvalue weighted by molar-refractivity contribution is 5.90. The van der Waals surface area contributed by atoms with Crippen molar-refractivity contribution in [2.75, 3.05) is 7.11 Å². The first-order valence-electron chi connectivity index (χ1n) is 7.12. The molecule has 3 rings (SSSR count). The molecule has 0 spiro atoms. The van der Waals surface area contributed by atoms with Crippen LogP contribution >= 0.6 is 0 Å². The molecule has 0 radical (unpaired) electrons. The molecule has 0 atom stereocenters. The summed E-state index contributed by atoms with van der Waals surface area (Å²) in [6.07, 6.45) is 2.92. The van der Waals surface area contributed by atoms with Crippen molar-refractivity contribution in [3.63, 3.8) is 0 Å². The van der Waals surface area contributed by atoms with Crippen LogP contribution in [0.2, 0.25) is 0 Å².